The quantitative estimate of drug-likeness (QED) is 0.704. The lowest BCUT2D eigenvalue weighted by atomic mass is 10.2. The minimum atomic E-state index is -3.19. The Bertz CT molecular complexity index is 424. The van der Waals surface area contributed by atoms with E-state index in [1.165, 1.54) is 0 Å². The smallest absolute Gasteiger partial charge is 0.308 e. The van der Waals surface area contributed by atoms with Crippen LogP contribution in [0.25, 0.3) is 0 Å². The Hall–Kier alpha value is -0.930. The van der Waals surface area contributed by atoms with Crippen molar-refractivity contribution in [3.63, 3.8) is 0 Å². The van der Waals surface area contributed by atoms with E-state index < -0.39 is 7.60 Å². The minimum absolute atomic E-state index is 0.342. The van der Waals surface area contributed by atoms with Crippen LogP contribution in [0.1, 0.15) is 19.4 Å². The molecule has 1 aromatic carbocycles. The van der Waals surface area contributed by atoms with Crippen LogP contribution in [-0.4, -0.2) is 19.8 Å². The highest BCUT2D eigenvalue weighted by Crippen LogP contribution is 2.54. The number of rotatable bonds is 9. The maximum atomic E-state index is 12.4. The molecule has 0 bridgehead atoms. The fourth-order valence-corrected chi connectivity index (χ4v) is 3.03. The van der Waals surface area contributed by atoms with Crippen molar-refractivity contribution in [2.24, 2.45) is 0 Å². The summed E-state index contributed by atoms with van der Waals surface area (Å²) in [5, 5.41) is 3.66. The molecule has 0 amide bonds. The standard InChI is InChI=1S/C14H22NO3P/c1-4-17-19(16,18-5-2)13(3)11-15-12-14-9-7-6-8-10-14/h6-10,15H,3-5,11-12H2,1-2H3. The summed E-state index contributed by atoms with van der Waals surface area (Å²) < 4.78 is 22.8. The van der Waals surface area contributed by atoms with Gasteiger partial charge >= 0.3 is 7.60 Å². The van der Waals surface area contributed by atoms with Gasteiger partial charge in [0.05, 0.1) is 13.2 Å². The molecule has 0 heterocycles. The molecule has 0 saturated carbocycles. The topological polar surface area (TPSA) is 47.6 Å². The third kappa shape index (κ3) is 5.29. The van der Waals surface area contributed by atoms with E-state index >= 15 is 0 Å². The summed E-state index contributed by atoms with van der Waals surface area (Å²) >= 11 is 0. The Morgan fingerprint density at radius 1 is 1.21 bits per heavy atom. The monoisotopic (exact) mass is 283 g/mol. The second kappa shape index (κ2) is 8.28. The molecule has 1 N–H and O–H groups in total. The molecule has 0 aliphatic rings. The van der Waals surface area contributed by atoms with Crippen LogP contribution >= 0.6 is 7.60 Å². The summed E-state index contributed by atoms with van der Waals surface area (Å²) in [5.74, 6) is 0. The normalized spacial score (nSPS) is 11.5. The molecule has 0 saturated heterocycles. The van der Waals surface area contributed by atoms with E-state index in [0.29, 0.717) is 31.6 Å². The molecule has 0 aromatic heterocycles. The second-order valence-electron chi connectivity index (χ2n) is 3.99. The van der Waals surface area contributed by atoms with Crippen LogP contribution in [0.5, 0.6) is 0 Å². The Kier molecular flexibility index (Phi) is 7.03. The molecule has 5 heteroatoms. The highest BCUT2D eigenvalue weighted by Gasteiger charge is 2.27. The first-order valence-electron chi connectivity index (χ1n) is 6.44. The van der Waals surface area contributed by atoms with E-state index in [2.05, 4.69) is 11.9 Å². The summed E-state index contributed by atoms with van der Waals surface area (Å²) in [6.07, 6.45) is 0. The van der Waals surface area contributed by atoms with E-state index in [1.807, 2.05) is 30.3 Å². The molecule has 1 aromatic rings. The molecule has 19 heavy (non-hydrogen) atoms. The lowest BCUT2D eigenvalue weighted by Gasteiger charge is -2.19. The van der Waals surface area contributed by atoms with Gasteiger partial charge in [-0.05, 0) is 19.4 Å². The van der Waals surface area contributed by atoms with E-state index in [4.69, 9.17) is 9.05 Å². The number of benzene rings is 1. The summed E-state index contributed by atoms with van der Waals surface area (Å²) in [7, 11) is -3.19. The van der Waals surface area contributed by atoms with Crippen molar-refractivity contribution >= 4 is 7.60 Å². The summed E-state index contributed by atoms with van der Waals surface area (Å²) in [6, 6.07) is 10.00. The predicted molar refractivity (Wildman–Crippen MR) is 78.1 cm³/mol. The number of hydrogen-bond acceptors (Lipinski definition) is 4. The molecule has 106 valence electrons. The van der Waals surface area contributed by atoms with Gasteiger partial charge in [-0.15, -0.1) is 0 Å². The van der Waals surface area contributed by atoms with Crippen molar-refractivity contribution in [3.8, 4) is 0 Å². The average molecular weight is 283 g/mol. The molecular formula is C14H22NO3P. The zero-order valence-corrected chi connectivity index (χ0v) is 12.5. The Balaban J connectivity index is 2.47. The van der Waals surface area contributed by atoms with Gasteiger partial charge in [-0.2, -0.15) is 0 Å². The van der Waals surface area contributed by atoms with Crippen LogP contribution in [0.4, 0.5) is 0 Å². The molecule has 0 radical (unpaired) electrons. The predicted octanol–water partition coefficient (Wildman–Crippen LogP) is 3.56. The first-order valence-corrected chi connectivity index (χ1v) is 7.98. The van der Waals surface area contributed by atoms with E-state index in [9.17, 15) is 4.57 Å². The van der Waals surface area contributed by atoms with Crippen LogP contribution in [-0.2, 0) is 20.2 Å². The zero-order valence-electron chi connectivity index (χ0n) is 11.6. The molecule has 0 fully saturated rings. The molecule has 4 nitrogen and oxygen atoms in total. The van der Waals surface area contributed by atoms with Crippen molar-refractivity contribution in [3.05, 3.63) is 47.8 Å². The van der Waals surface area contributed by atoms with Gasteiger partial charge in [0.15, 0.2) is 0 Å². The fourth-order valence-electron chi connectivity index (χ4n) is 1.60. The van der Waals surface area contributed by atoms with Crippen LogP contribution in [0.15, 0.2) is 42.2 Å². The zero-order chi connectivity index (χ0) is 14.1. The first kappa shape index (κ1) is 16.1. The highest BCUT2D eigenvalue weighted by atomic mass is 31.2. The molecule has 0 aliphatic heterocycles. The summed E-state index contributed by atoms with van der Waals surface area (Å²) in [6.45, 7) is 9.18. The van der Waals surface area contributed by atoms with Gasteiger partial charge < -0.3 is 14.4 Å². The molecular weight excluding hydrogens is 261 g/mol. The van der Waals surface area contributed by atoms with Gasteiger partial charge in [-0.1, -0.05) is 36.9 Å². The van der Waals surface area contributed by atoms with Crippen LogP contribution < -0.4 is 5.32 Å². The van der Waals surface area contributed by atoms with Crippen molar-refractivity contribution in [2.75, 3.05) is 19.8 Å². The second-order valence-corrected chi connectivity index (χ2v) is 6.13. The largest absolute Gasteiger partial charge is 0.358 e. The summed E-state index contributed by atoms with van der Waals surface area (Å²) in [5.41, 5.74) is 1.16. The number of hydrogen-bond donors (Lipinski definition) is 1. The lowest BCUT2D eigenvalue weighted by molar-refractivity contribution is 0.225. The molecule has 0 spiro atoms. The third-order valence-corrected chi connectivity index (χ3v) is 4.62. The van der Waals surface area contributed by atoms with Gasteiger partial charge in [0.2, 0.25) is 0 Å². The van der Waals surface area contributed by atoms with Crippen molar-refractivity contribution in [1.82, 2.24) is 5.32 Å². The molecule has 0 atom stereocenters. The van der Waals surface area contributed by atoms with Crippen molar-refractivity contribution in [2.45, 2.75) is 20.4 Å². The van der Waals surface area contributed by atoms with Crippen molar-refractivity contribution in [1.29, 1.82) is 0 Å². The lowest BCUT2D eigenvalue weighted by Crippen LogP contribution is -2.17. The van der Waals surface area contributed by atoms with Gasteiger partial charge in [0, 0.05) is 18.4 Å². The van der Waals surface area contributed by atoms with Gasteiger partial charge in [0.1, 0.15) is 0 Å². The van der Waals surface area contributed by atoms with E-state index in [1.54, 1.807) is 13.8 Å². The first-order chi connectivity index (χ1) is 9.12. The van der Waals surface area contributed by atoms with Crippen LogP contribution in [0.2, 0.25) is 0 Å². The van der Waals surface area contributed by atoms with Gasteiger partial charge in [-0.25, -0.2) is 0 Å². The Morgan fingerprint density at radius 3 is 2.32 bits per heavy atom. The maximum absolute atomic E-state index is 12.4. The molecule has 0 aliphatic carbocycles. The van der Waals surface area contributed by atoms with E-state index in [0.717, 1.165) is 5.56 Å². The fraction of sp³-hybridized carbons (Fsp3) is 0.429. The minimum Gasteiger partial charge on any atom is -0.308 e. The Labute approximate surface area is 115 Å². The molecule has 0 unspecified atom stereocenters. The van der Waals surface area contributed by atoms with Crippen molar-refractivity contribution < 1.29 is 13.6 Å². The van der Waals surface area contributed by atoms with Crippen LogP contribution in [0.3, 0.4) is 0 Å². The molecule has 1 rings (SSSR count). The van der Waals surface area contributed by atoms with Crippen LogP contribution in [0, 0.1) is 0 Å². The third-order valence-electron chi connectivity index (χ3n) is 2.49. The Morgan fingerprint density at radius 2 is 1.79 bits per heavy atom. The maximum Gasteiger partial charge on any atom is 0.358 e. The van der Waals surface area contributed by atoms with Gasteiger partial charge in [-0.3, -0.25) is 4.57 Å². The SMILES string of the molecule is C=C(CNCc1ccccc1)P(=O)(OCC)OCC. The highest BCUT2D eigenvalue weighted by molar-refractivity contribution is 7.58. The van der Waals surface area contributed by atoms with Gasteiger partial charge in [0.25, 0.3) is 0 Å². The number of nitrogens with one attached hydrogen (secondary N) is 1. The average Bonchev–Trinajstić information content (AvgIpc) is 2.40. The van der Waals surface area contributed by atoms with E-state index in [-0.39, 0.29) is 0 Å². The summed E-state index contributed by atoms with van der Waals surface area (Å²) in [4.78, 5) is 0.